The van der Waals surface area contributed by atoms with Gasteiger partial charge >= 0.3 is 0 Å². The summed E-state index contributed by atoms with van der Waals surface area (Å²) >= 11 is 3.49. The molecule has 1 aromatic rings. The molecule has 19 heavy (non-hydrogen) atoms. The summed E-state index contributed by atoms with van der Waals surface area (Å²) in [6, 6.07) is 3.27. The normalized spacial score (nSPS) is 20.1. The molecule has 2 heterocycles. The summed E-state index contributed by atoms with van der Waals surface area (Å²) in [7, 11) is 0. The Labute approximate surface area is 124 Å². The molecule has 0 aromatic carbocycles. The largest absolute Gasteiger partial charge is 0.352 e. The van der Waals surface area contributed by atoms with E-state index >= 15 is 0 Å². The highest BCUT2D eigenvalue weighted by molar-refractivity contribution is 9.10. The molecule has 2 rings (SSSR count). The highest BCUT2D eigenvalue weighted by Gasteiger charge is 2.24. The first-order valence-corrected chi connectivity index (χ1v) is 7.99. The van der Waals surface area contributed by atoms with Crippen LogP contribution in [0.3, 0.4) is 0 Å². The molecule has 0 amide bonds. The number of hydrogen-bond donors (Lipinski definition) is 1. The zero-order valence-corrected chi connectivity index (χ0v) is 13.7. The third kappa shape index (κ3) is 3.93. The molecule has 1 aliphatic rings. The lowest BCUT2D eigenvalue weighted by Gasteiger charge is -2.38. The molecule has 1 saturated heterocycles. The topological polar surface area (TPSA) is 28.2 Å². The first kappa shape index (κ1) is 14.8. The average molecular weight is 326 g/mol. The zero-order chi connectivity index (χ0) is 13.8. The van der Waals surface area contributed by atoms with Crippen LogP contribution in [0, 0.1) is 6.92 Å². The summed E-state index contributed by atoms with van der Waals surface area (Å²) in [5.74, 6) is 1.15. The Morgan fingerprint density at radius 1 is 1.47 bits per heavy atom. The minimum atomic E-state index is 0.544. The highest BCUT2D eigenvalue weighted by Crippen LogP contribution is 2.27. The number of nitrogens with one attached hydrogen (secondary N) is 1. The second-order valence-corrected chi connectivity index (χ2v) is 6.62. The maximum Gasteiger partial charge on any atom is 0.131 e. The average Bonchev–Trinajstić information content (AvgIpc) is 2.37. The SMILES string of the molecule is Cc1cc(Br)cnc1N1CCCCC1CNC(C)C. The van der Waals surface area contributed by atoms with Crippen molar-refractivity contribution in [3.05, 3.63) is 22.3 Å². The van der Waals surface area contributed by atoms with E-state index in [4.69, 9.17) is 0 Å². The predicted molar refractivity (Wildman–Crippen MR) is 84.8 cm³/mol. The number of anilines is 1. The van der Waals surface area contributed by atoms with E-state index in [1.54, 1.807) is 0 Å². The van der Waals surface area contributed by atoms with Crippen molar-refractivity contribution < 1.29 is 0 Å². The Morgan fingerprint density at radius 3 is 2.95 bits per heavy atom. The van der Waals surface area contributed by atoms with Crippen molar-refractivity contribution in [3.63, 3.8) is 0 Å². The Bertz CT molecular complexity index is 420. The van der Waals surface area contributed by atoms with Gasteiger partial charge in [-0.25, -0.2) is 4.98 Å². The van der Waals surface area contributed by atoms with Gasteiger partial charge in [-0.05, 0) is 53.7 Å². The predicted octanol–water partition coefficient (Wildman–Crippen LogP) is 3.51. The molecule has 0 bridgehead atoms. The number of piperidine rings is 1. The van der Waals surface area contributed by atoms with Gasteiger partial charge in [0.15, 0.2) is 0 Å². The summed E-state index contributed by atoms with van der Waals surface area (Å²) < 4.78 is 1.06. The number of aryl methyl sites for hydroxylation is 1. The van der Waals surface area contributed by atoms with Crippen molar-refractivity contribution in [2.45, 2.75) is 52.1 Å². The molecule has 3 nitrogen and oxygen atoms in total. The van der Waals surface area contributed by atoms with E-state index in [0.29, 0.717) is 12.1 Å². The fourth-order valence-electron chi connectivity index (χ4n) is 2.70. The fourth-order valence-corrected chi connectivity index (χ4v) is 3.14. The van der Waals surface area contributed by atoms with E-state index in [1.807, 2.05) is 6.20 Å². The maximum atomic E-state index is 4.63. The van der Waals surface area contributed by atoms with Crippen LogP contribution in [0.1, 0.15) is 38.7 Å². The van der Waals surface area contributed by atoms with Gasteiger partial charge in [-0.2, -0.15) is 0 Å². The van der Waals surface area contributed by atoms with E-state index in [-0.39, 0.29) is 0 Å². The van der Waals surface area contributed by atoms with Gasteiger partial charge in [-0.3, -0.25) is 0 Å². The molecule has 1 fully saturated rings. The molecule has 4 heteroatoms. The molecule has 0 radical (unpaired) electrons. The Kier molecular flexibility index (Phi) is 5.22. The quantitative estimate of drug-likeness (QED) is 0.918. The van der Waals surface area contributed by atoms with Gasteiger partial charge in [0.2, 0.25) is 0 Å². The van der Waals surface area contributed by atoms with Gasteiger partial charge in [-0.1, -0.05) is 13.8 Å². The smallest absolute Gasteiger partial charge is 0.131 e. The van der Waals surface area contributed by atoms with Crippen molar-refractivity contribution in [1.82, 2.24) is 10.3 Å². The van der Waals surface area contributed by atoms with Crippen LogP contribution in [0.4, 0.5) is 5.82 Å². The van der Waals surface area contributed by atoms with Crippen LogP contribution >= 0.6 is 15.9 Å². The van der Waals surface area contributed by atoms with Gasteiger partial charge in [0, 0.05) is 35.8 Å². The molecule has 1 aromatic heterocycles. The third-order valence-electron chi connectivity index (χ3n) is 3.68. The van der Waals surface area contributed by atoms with E-state index in [9.17, 15) is 0 Å². The second-order valence-electron chi connectivity index (χ2n) is 5.70. The van der Waals surface area contributed by atoms with E-state index in [2.05, 4.69) is 58.0 Å². The molecule has 1 atom stereocenters. The van der Waals surface area contributed by atoms with Crippen molar-refractivity contribution in [3.8, 4) is 0 Å². The van der Waals surface area contributed by atoms with Crippen molar-refractivity contribution in [2.75, 3.05) is 18.0 Å². The lowest BCUT2D eigenvalue weighted by molar-refractivity contribution is 0.418. The molecule has 1 N–H and O–H groups in total. The van der Waals surface area contributed by atoms with Crippen LogP contribution in [0.25, 0.3) is 0 Å². The maximum absolute atomic E-state index is 4.63. The van der Waals surface area contributed by atoms with Crippen molar-refractivity contribution in [2.24, 2.45) is 0 Å². The molecule has 1 unspecified atom stereocenters. The Morgan fingerprint density at radius 2 is 2.26 bits per heavy atom. The lowest BCUT2D eigenvalue weighted by atomic mass is 10.0. The number of rotatable bonds is 4. The third-order valence-corrected chi connectivity index (χ3v) is 4.11. The monoisotopic (exact) mass is 325 g/mol. The fraction of sp³-hybridized carbons (Fsp3) is 0.667. The van der Waals surface area contributed by atoms with Gasteiger partial charge in [0.25, 0.3) is 0 Å². The first-order valence-electron chi connectivity index (χ1n) is 7.20. The summed E-state index contributed by atoms with van der Waals surface area (Å²) in [5, 5.41) is 3.57. The van der Waals surface area contributed by atoms with Crippen molar-refractivity contribution >= 4 is 21.7 Å². The molecule has 1 aliphatic heterocycles. The van der Waals surface area contributed by atoms with E-state index in [1.165, 1.54) is 24.8 Å². The summed E-state index contributed by atoms with van der Waals surface area (Å²) in [4.78, 5) is 7.12. The molecular weight excluding hydrogens is 302 g/mol. The minimum absolute atomic E-state index is 0.544. The van der Waals surface area contributed by atoms with Crippen LogP contribution < -0.4 is 10.2 Å². The number of nitrogens with zero attached hydrogens (tertiary/aromatic N) is 2. The van der Waals surface area contributed by atoms with Crippen LogP contribution in [0.15, 0.2) is 16.7 Å². The van der Waals surface area contributed by atoms with Gasteiger partial charge in [-0.15, -0.1) is 0 Å². The van der Waals surface area contributed by atoms with Crippen molar-refractivity contribution in [1.29, 1.82) is 0 Å². The van der Waals surface area contributed by atoms with Crippen LogP contribution in [0.5, 0.6) is 0 Å². The molecule has 0 aliphatic carbocycles. The minimum Gasteiger partial charge on any atom is -0.352 e. The summed E-state index contributed by atoms with van der Waals surface area (Å²) in [6.07, 6.45) is 5.77. The molecule has 0 saturated carbocycles. The second kappa shape index (κ2) is 6.71. The van der Waals surface area contributed by atoms with Gasteiger partial charge in [0.1, 0.15) is 5.82 Å². The van der Waals surface area contributed by atoms with Crippen LogP contribution in [-0.4, -0.2) is 30.2 Å². The van der Waals surface area contributed by atoms with Crippen LogP contribution in [0.2, 0.25) is 0 Å². The molecule has 106 valence electrons. The number of aromatic nitrogens is 1. The highest BCUT2D eigenvalue weighted by atomic mass is 79.9. The Balaban J connectivity index is 2.14. The lowest BCUT2D eigenvalue weighted by Crippen LogP contribution is -2.47. The van der Waals surface area contributed by atoms with Gasteiger partial charge in [0.05, 0.1) is 0 Å². The van der Waals surface area contributed by atoms with E-state index in [0.717, 1.165) is 23.4 Å². The summed E-state index contributed by atoms with van der Waals surface area (Å²) in [6.45, 7) is 8.73. The molecular formula is C15H24BrN3. The van der Waals surface area contributed by atoms with E-state index < -0.39 is 0 Å². The Hall–Kier alpha value is -0.610. The van der Waals surface area contributed by atoms with Crippen LogP contribution in [-0.2, 0) is 0 Å². The number of hydrogen-bond acceptors (Lipinski definition) is 3. The molecule has 0 spiro atoms. The van der Waals surface area contributed by atoms with Gasteiger partial charge < -0.3 is 10.2 Å². The first-order chi connectivity index (χ1) is 9.08. The summed E-state index contributed by atoms with van der Waals surface area (Å²) in [5.41, 5.74) is 1.26. The number of halogens is 1. The zero-order valence-electron chi connectivity index (χ0n) is 12.1. The number of pyridine rings is 1. The standard InChI is InChI=1S/C15H24BrN3/c1-11(2)17-10-14-6-4-5-7-19(14)15-12(3)8-13(16)9-18-15/h8-9,11,14,17H,4-7,10H2,1-3H3.